The van der Waals surface area contributed by atoms with E-state index in [0.717, 1.165) is 18.8 Å². The summed E-state index contributed by atoms with van der Waals surface area (Å²) in [4.78, 5) is 0. The van der Waals surface area contributed by atoms with Gasteiger partial charge in [0.1, 0.15) is 0 Å². The molecular formula is C11H15LiO2. The van der Waals surface area contributed by atoms with E-state index in [2.05, 4.69) is 17.7 Å². The Bertz CT molecular complexity index is 246. The van der Waals surface area contributed by atoms with Crippen molar-refractivity contribution < 1.29 is 9.47 Å². The summed E-state index contributed by atoms with van der Waals surface area (Å²) in [6.45, 7) is 1.55. The van der Waals surface area contributed by atoms with Crippen LogP contribution in [0.5, 0.6) is 5.75 Å². The van der Waals surface area contributed by atoms with Gasteiger partial charge >= 0.3 is 94.6 Å². The molecule has 0 radical (unpaired) electrons. The molecule has 14 heavy (non-hydrogen) atoms. The Morgan fingerprint density at radius 3 is 2.50 bits per heavy atom. The van der Waals surface area contributed by atoms with Crippen LogP contribution in [0.15, 0.2) is 24.3 Å². The van der Waals surface area contributed by atoms with E-state index in [0.29, 0.717) is 6.61 Å². The number of hydrogen-bond donors (Lipinski definition) is 0. The fraction of sp³-hybridized carbons (Fsp3) is 0.455. The third-order valence-corrected chi connectivity index (χ3v) is 2.07. The second kappa shape index (κ2) is 6.95. The average molecular weight is 186 g/mol. The molecule has 2 nitrogen and oxygen atoms in total. The van der Waals surface area contributed by atoms with E-state index >= 15 is 0 Å². The molecule has 0 unspecified atom stereocenters. The van der Waals surface area contributed by atoms with Crippen LogP contribution in [0.3, 0.4) is 0 Å². The molecule has 1 aromatic rings. The quantitative estimate of drug-likeness (QED) is 0.500. The van der Waals surface area contributed by atoms with Gasteiger partial charge in [-0.25, -0.2) is 0 Å². The number of ether oxygens (including phenoxy) is 2. The van der Waals surface area contributed by atoms with Crippen molar-refractivity contribution in [2.75, 3.05) is 13.7 Å². The molecule has 0 aliphatic carbocycles. The summed E-state index contributed by atoms with van der Waals surface area (Å²) < 4.78 is 10.6. The summed E-state index contributed by atoms with van der Waals surface area (Å²) in [6, 6.07) is 7.98. The molecule has 72 valence electrons. The number of benzene rings is 1. The standard InChI is InChI=1S/C11H15O2.Li/c1-3-8-13-9-10-4-6-11(12-2)7-5-10;/h4-7H,1,3,8-9H2,2H3;. The first-order valence-corrected chi connectivity index (χ1v) is 5.07. The molecule has 0 saturated heterocycles. The summed E-state index contributed by atoms with van der Waals surface area (Å²) in [6.07, 6.45) is 1.14. The summed E-state index contributed by atoms with van der Waals surface area (Å²) in [5, 5.41) is 1.18. The number of rotatable bonds is 6. The normalized spacial score (nSPS) is 10.2. The van der Waals surface area contributed by atoms with Gasteiger partial charge < -0.3 is 0 Å². The van der Waals surface area contributed by atoms with Gasteiger partial charge in [0.05, 0.1) is 0 Å². The van der Waals surface area contributed by atoms with Crippen LogP contribution >= 0.6 is 0 Å². The van der Waals surface area contributed by atoms with Crippen molar-refractivity contribution in [3.8, 4) is 5.75 Å². The predicted octanol–water partition coefficient (Wildman–Crippen LogP) is 2.19. The van der Waals surface area contributed by atoms with E-state index < -0.39 is 0 Å². The van der Waals surface area contributed by atoms with Gasteiger partial charge in [0, 0.05) is 0 Å². The Balaban J connectivity index is 2.29. The minimum absolute atomic E-state index is 0.698. The Labute approximate surface area is 94.8 Å². The zero-order valence-electron chi connectivity index (χ0n) is 8.95. The third kappa shape index (κ3) is 4.19. The van der Waals surface area contributed by atoms with Crippen LogP contribution in [-0.2, 0) is 11.3 Å². The van der Waals surface area contributed by atoms with Crippen molar-refractivity contribution in [3.05, 3.63) is 29.8 Å². The first-order valence-electron chi connectivity index (χ1n) is 5.07. The molecule has 0 spiro atoms. The van der Waals surface area contributed by atoms with E-state index in [1.807, 2.05) is 24.3 Å². The summed E-state index contributed by atoms with van der Waals surface area (Å²) in [7, 11) is 1.67. The Kier molecular flexibility index (Phi) is 5.78. The maximum atomic E-state index is 5.49. The van der Waals surface area contributed by atoms with Crippen LogP contribution in [0.4, 0.5) is 0 Å². The van der Waals surface area contributed by atoms with Gasteiger partial charge in [-0.1, -0.05) is 0 Å². The monoisotopic (exact) mass is 186 g/mol. The molecule has 0 bridgehead atoms. The van der Waals surface area contributed by atoms with Crippen molar-refractivity contribution >= 4 is 17.7 Å². The molecule has 3 heteroatoms. The molecule has 1 aromatic carbocycles. The number of hydrogen-bond acceptors (Lipinski definition) is 2. The fourth-order valence-electron chi connectivity index (χ4n) is 1.16. The second-order valence-electron chi connectivity index (χ2n) is 3.25. The zero-order chi connectivity index (χ0) is 10.2. The van der Waals surface area contributed by atoms with Crippen LogP contribution < -0.4 is 4.74 Å². The van der Waals surface area contributed by atoms with Crippen molar-refractivity contribution in [3.63, 3.8) is 0 Å². The SMILES string of the molecule is [Li][CH2]CCOCc1ccc(OC)cc1. The van der Waals surface area contributed by atoms with Gasteiger partial charge in [-0.15, -0.1) is 0 Å². The Hall–Kier alpha value is -0.423. The summed E-state index contributed by atoms with van der Waals surface area (Å²) in [5.41, 5.74) is 1.20. The molecule has 0 saturated carbocycles. The van der Waals surface area contributed by atoms with Gasteiger partial charge in [-0.2, -0.15) is 0 Å². The predicted molar refractivity (Wildman–Crippen MR) is 57.8 cm³/mol. The van der Waals surface area contributed by atoms with Crippen LogP contribution in [0.1, 0.15) is 12.0 Å². The van der Waals surface area contributed by atoms with Gasteiger partial charge in [-0.05, 0) is 0 Å². The third-order valence-electron chi connectivity index (χ3n) is 2.07. The molecular weight excluding hydrogens is 171 g/mol. The van der Waals surface area contributed by atoms with Gasteiger partial charge in [-0.3, -0.25) is 0 Å². The number of methoxy groups -OCH3 is 1. The van der Waals surface area contributed by atoms with Crippen molar-refractivity contribution in [2.45, 2.75) is 18.1 Å². The molecule has 0 aromatic heterocycles. The first-order chi connectivity index (χ1) is 6.86. The Morgan fingerprint density at radius 2 is 1.93 bits per heavy atom. The van der Waals surface area contributed by atoms with E-state index in [4.69, 9.17) is 9.47 Å². The summed E-state index contributed by atoms with van der Waals surface area (Å²) >= 11 is 2.16. The Morgan fingerprint density at radius 1 is 1.21 bits per heavy atom. The molecule has 0 amide bonds. The molecule has 0 aliphatic rings. The van der Waals surface area contributed by atoms with Crippen LogP contribution in [-0.4, -0.2) is 31.4 Å². The topological polar surface area (TPSA) is 18.5 Å². The molecule has 0 atom stereocenters. The molecule has 0 fully saturated rings. The van der Waals surface area contributed by atoms with Crippen LogP contribution in [0, 0.1) is 0 Å². The summed E-state index contributed by atoms with van der Waals surface area (Å²) in [5.74, 6) is 0.891. The minimum atomic E-state index is 0.698. The van der Waals surface area contributed by atoms with E-state index in [1.54, 1.807) is 7.11 Å². The molecule has 1 rings (SSSR count). The maximum absolute atomic E-state index is 5.49. The van der Waals surface area contributed by atoms with Crippen molar-refractivity contribution in [1.82, 2.24) is 0 Å². The van der Waals surface area contributed by atoms with Crippen LogP contribution in [0.25, 0.3) is 0 Å². The first kappa shape index (κ1) is 11.7. The average Bonchev–Trinajstić information content (AvgIpc) is 2.25. The van der Waals surface area contributed by atoms with E-state index in [9.17, 15) is 0 Å². The van der Waals surface area contributed by atoms with Gasteiger partial charge in [0.25, 0.3) is 0 Å². The zero-order valence-corrected chi connectivity index (χ0v) is 8.95. The van der Waals surface area contributed by atoms with Crippen molar-refractivity contribution in [2.24, 2.45) is 0 Å². The molecule has 0 aliphatic heterocycles. The van der Waals surface area contributed by atoms with Crippen LogP contribution in [0.2, 0.25) is 5.09 Å². The second-order valence-corrected chi connectivity index (χ2v) is 3.25. The fourth-order valence-corrected chi connectivity index (χ4v) is 1.16. The van der Waals surface area contributed by atoms with Gasteiger partial charge in [0.15, 0.2) is 0 Å². The van der Waals surface area contributed by atoms with E-state index in [1.165, 1.54) is 10.7 Å². The van der Waals surface area contributed by atoms with E-state index in [-0.39, 0.29) is 0 Å². The van der Waals surface area contributed by atoms with Gasteiger partial charge in [0.2, 0.25) is 0 Å². The molecule has 0 heterocycles. The van der Waals surface area contributed by atoms with Crippen molar-refractivity contribution in [1.29, 1.82) is 0 Å². The molecule has 0 N–H and O–H groups in total.